The van der Waals surface area contributed by atoms with Gasteiger partial charge in [0.15, 0.2) is 23.0 Å². The number of carboxylic acid groups (broad SMARTS) is 1. The average molecular weight is 975 g/mol. The Morgan fingerprint density at radius 2 is 1.10 bits per heavy atom. The number of aryl methyl sites for hydroxylation is 2. The summed E-state index contributed by atoms with van der Waals surface area (Å²) in [5.41, 5.74) is 14.3. The fourth-order valence-corrected chi connectivity index (χ4v) is 7.98. The number of nitrogens with two attached hydrogens (primary N) is 1. The first-order valence-electron chi connectivity index (χ1n) is 22.2. The zero-order valence-electron chi connectivity index (χ0n) is 41.2. The highest BCUT2D eigenvalue weighted by atomic mass is 16.5. The Morgan fingerprint density at radius 1 is 0.600 bits per heavy atom. The Kier molecular flexibility index (Phi) is 21.1. The number of carboxylic acids is 1. The maximum Gasteiger partial charge on any atom is 0.410 e. The van der Waals surface area contributed by atoms with Crippen molar-refractivity contribution >= 4 is 37.9 Å². The highest BCUT2D eigenvalue weighted by Crippen LogP contribution is 2.52. The number of benzene rings is 4. The summed E-state index contributed by atoms with van der Waals surface area (Å²) in [4.78, 5) is 45.0. The van der Waals surface area contributed by atoms with Crippen molar-refractivity contribution in [1.82, 2.24) is 26.4 Å². The lowest BCUT2D eigenvalue weighted by atomic mass is 9.89. The molecule has 0 spiro atoms. The standard InChI is InChI=1S/C24H32BN3O7.C19H23NO4.C4H9BN2O4/c1-25(31)27-13-20(29)26-12-21(30)28-18-9-6-14-10-19(33-3)23(34-4)24(35-5)22(14)16-8-7-15(32-2)11-17(16)18;1-21-12-6-7-13-14(10-12)15(20)8-5-11-9-16(22-2)18(23-3)19(24-4)17(11)13;1-5(11)7-4(10)6-2-3(8)9/h7-8,10-11,18,27,31H,6,9,12-13H2,1-5H3,(H,26,29)(H,28,30);6-7,9-10,15H,5,8,20H2,1-4H3;11H,2H2,1H3,(H,8,9)(H2,6,7,10)/t18-;15-;/m00./s1. The Bertz CT molecular complexity index is 2460. The number of carbonyl (C=O) groups excluding carboxylic acids is 3. The van der Waals surface area contributed by atoms with E-state index in [1.54, 1.807) is 56.9 Å². The van der Waals surface area contributed by atoms with Crippen LogP contribution in [0.15, 0.2) is 48.5 Å². The molecule has 0 aromatic heterocycles. The van der Waals surface area contributed by atoms with E-state index >= 15 is 0 Å². The lowest BCUT2D eigenvalue weighted by Gasteiger charge is -2.22. The van der Waals surface area contributed by atoms with Gasteiger partial charge in [-0.2, -0.15) is 0 Å². The molecule has 2 aliphatic carbocycles. The van der Waals surface area contributed by atoms with Gasteiger partial charge in [0, 0.05) is 17.2 Å². The van der Waals surface area contributed by atoms with E-state index in [1.165, 1.54) is 13.6 Å². The molecular formula is C47H64B2N6O15. The van der Waals surface area contributed by atoms with Gasteiger partial charge in [-0.25, -0.2) is 0 Å². The van der Waals surface area contributed by atoms with Crippen molar-refractivity contribution < 1.29 is 72.2 Å². The number of hydrogen-bond acceptors (Lipinski definition) is 16. The van der Waals surface area contributed by atoms with Crippen molar-refractivity contribution in [2.24, 2.45) is 5.73 Å². The van der Waals surface area contributed by atoms with E-state index in [4.69, 9.17) is 53.8 Å². The third-order valence-electron chi connectivity index (χ3n) is 11.2. The third-order valence-corrected chi connectivity index (χ3v) is 11.2. The number of carbonyl (C=O) groups is 4. The normalized spacial score (nSPS) is 13.8. The predicted octanol–water partition coefficient (Wildman–Crippen LogP) is 3.12. The topological polar surface area (TPSA) is 289 Å². The molecule has 21 nitrogen and oxygen atoms in total. The van der Waals surface area contributed by atoms with Gasteiger partial charge in [-0.1, -0.05) is 12.1 Å². The first-order chi connectivity index (χ1) is 33.5. The summed E-state index contributed by atoms with van der Waals surface area (Å²) in [5, 5.41) is 38.1. The van der Waals surface area contributed by atoms with Gasteiger partial charge in [0.1, 0.15) is 18.0 Å². The van der Waals surface area contributed by atoms with E-state index < -0.39 is 32.6 Å². The number of hydrogen-bond donors (Lipinski definition) is 9. The van der Waals surface area contributed by atoms with Crippen molar-refractivity contribution in [3.05, 3.63) is 70.8 Å². The van der Waals surface area contributed by atoms with Crippen LogP contribution in [-0.4, -0.2) is 130 Å². The summed E-state index contributed by atoms with van der Waals surface area (Å²) in [7, 11) is 11.1. The average Bonchev–Trinajstić information content (AvgIpc) is 3.59. The van der Waals surface area contributed by atoms with Crippen LogP contribution in [-0.2, 0) is 27.2 Å². The Balaban J connectivity index is 0.000000262. The molecule has 0 radical (unpaired) electrons. The van der Waals surface area contributed by atoms with Crippen molar-refractivity contribution in [3.8, 4) is 68.2 Å². The molecule has 10 N–H and O–H groups in total. The molecule has 0 unspecified atom stereocenters. The molecule has 0 saturated heterocycles. The molecule has 0 aliphatic heterocycles. The van der Waals surface area contributed by atoms with Crippen molar-refractivity contribution in [2.75, 3.05) is 76.5 Å². The molecule has 4 aromatic carbocycles. The lowest BCUT2D eigenvalue weighted by molar-refractivity contribution is -0.135. The molecule has 2 atom stereocenters. The van der Waals surface area contributed by atoms with Gasteiger partial charge in [0.05, 0.1) is 76.0 Å². The highest BCUT2D eigenvalue weighted by Gasteiger charge is 2.31. The first-order valence-corrected chi connectivity index (χ1v) is 22.2. The molecule has 0 bridgehead atoms. The summed E-state index contributed by atoms with van der Waals surface area (Å²) in [6.07, 6.45) is 2.92. The fraction of sp³-hybridized carbons (Fsp3) is 0.404. The second kappa shape index (κ2) is 26.6. The minimum absolute atomic E-state index is 0.0656. The molecule has 0 fully saturated rings. The van der Waals surface area contributed by atoms with Gasteiger partial charge in [0.2, 0.25) is 23.3 Å². The van der Waals surface area contributed by atoms with Crippen LogP contribution in [0.2, 0.25) is 13.6 Å². The van der Waals surface area contributed by atoms with E-state index in [0.717, 1.165) is 63.1 Å². The molecule has 6 rings (SSSR count). The van der Waals surface area contributed by atoms with Crippen LogP contribution in [0.5, 0.6) is 46.0 Å². The summed E-state index contributed by atoms with van der Waals surface area (Å²) >= 11 is 0. The van der Waals surface area contributed by atoms with Gasteiger partial charge in [0.25, 0.3) is 0 Å². The largest absolute Gasteiger partial charge is 0.497 e. The molecular weight excluding hydrogens is 910 g/mol. The van der Waals surface area contributed by atoms with Gasteiger partial charge in [-0.15, -0.1) is 0 Å². The van der Waals surface area contributed by atoms with E-state index in [2.05, 4.69) is 15.9 Å². The zero-order chi connectivity index (χ0) is 51.7. The Hall–Kier alpha value is -7.07. The summed E-state index contributed by atoms with van der Waals surface area (Å²) in [6.45, 7) is 2.12. The lowest BCUT2D eigenvalue weighted by Crippen LogP contribution is -2.44. The Labute approximate surface area is 408 Å². The third kappa shape index (κ3) is 14.2. The summed E-state index contributed by atoms with van der Waals surface area (Å²) < 4.78 is 44.5. The molecule has 4 amide bonds. The van der Waals surface area contributed by atoms with Crippen LogP contribution in [0.1, 0.15) is 47.2 Å². The van der Waals surface area contributed by atoms with Crippen LogP contribution < -0.4 is 70.0 Å². The second-order valence-electron chi connectivity index (χ2n) is 15.8. The van der Waals surface area contributed by atoms with Gasteiger partial charge < -0.3 is 85.2 Å². The van der Waals surface area contributed by atoms with Gasteiger partial charge in [-0.05, 0) is 109 Å². The van der Waals surface area contributed by atoms with Gasteiger partial charge >= 0.3 is 26.1 Å². The molecule has 70 heavy (non-hydrogen) atoms. The minimum Gasteiger partial charge on any atom is -0.497 e. The van der Waals surface area contributed by atoms with Crippen LogP contribution in [0.4, 0.5) is 4.79 Å². The molecule has 378 valence electrons. The number of ether oxygens (including phenoxy) is 8. The zero-order valence-corrected chi connectivity index (χ0v) is 41.2. The maximum atomic E-state index is 12.7. The van der Waals surface area contributed by atoms with Crippen LogP contribution in [0, 0.1) is 0 Å². The van der Waals surface area contributed by atoms with E-state index in [9.17, 15) is 24.2 Å². The van der Waals surface area contributed by atoms with E-state index in [1.807, 2.05) is 59.1 Å². The van der Waals surface area contributed by atoms with E-state index in [-0.39, 0.29) is 37.0 Å². The number of fused-ring (bicyclic) bond motifs is 6. The molecule has 2 aliphatic rings. The number of urea groups is 1. The maximum absolute atomic E-state index is 12.7. The minimum atomic E-state index is -1.13. The van der Waals surface area contributed by atoms with Crippen molar-refractivity contribution in [3.63, 3.8) is 0 Å². The number of nitrogens with one attached hydrogen (secondary N) is 5. The summed E-state index contributed by atoms with van der Waals surface area (Å²) in [5.74, 6) is 3.14. The molecule has 0 heterocycles. The number of rotatable bonds is 17. The monoisotopic (exact) mass is 974 g/mol. The quantitative estimate of drug-likeness (QED) is 0.0687. The number of aliphatic carboxylic acids is 1. The smallest absolute Gasteiger partial charge is 0.410 e. The van der Waals surface area contributed by atoms with Crippen LogP contribution in [0.3, 0.4) is 0 Å². The van der Waals surface area contributed by atoms with Gasteiger partial charge in [-0.3, -0.25) is 19.2 Å². The number of amides is 4. The highest BCUT2D eigenvalue weighted by molar-refractivity contribution is 6.49. The van der Waals surface area contributed by atoms with E-state index in [0.29, 0.717) is 53.1 Å². The van der Waals surface area contributed by atoms with Crippen LogP contribution in [0.25, 0.3) is 22.3 Å². The Morgan fingerprint density at radius 3 is 1.56 bits per heavy atom. The summed E-state index contributed by atoms with van der Waals surface area (Å²) in [6, 6.07) is 14.5. The number of methoxy groups -OCH3 is 8. The fourth-order valence-electron chi connectivity index (χ4n) is 7.98. The molecule has 4 aromatic rings. The van der Waals surface area contributed by atoms with Crippen LogP contribution >= 0.6 is 0 Å². The molecule has 23 heteroatoms. The predicted molar refractivity (Wildman–Crippen MR) is 263 cm³/mol. The first kappa shape index (κ1) is 55.5. The molecule has 0 saturated carbocycles. The van der Waals surface area contributed by atoms with Crippen molar-refractivity contribution in [2.45, 2.75) is 51.4 Å². The SMILES string of the molecule is CB(O)NC(=O)NCC(=O)O.COc1ccc2c(c1)[C@@H](N)CCc1cc(OC)c(OC)c(OC)c1-2.COc1ccc2c(c1)[C@@H](NC(=O)CNC(=O)CNB(C)O)CCc1cc(OC)c(OC)c(OC)c1-2. The van der Waals surface area contributed by atoms with Crippen molar-refractivity contribution in [1.29, 1.82) is 0 Å². The second-order valence-corrected chi connectivity index (χ2v) is 15.8.